The molecule has 0 atom stereocenters. The number of rotatable bonds is 7. The summed E-state index contributed by atoms with van der Waals surface area (Å²) >= 11 is 0. The molecular weight excluding hydrogens is 332 g/mol. The standard InChI is InChI=1S/C18H16N6O2/c19-10-3-4-11-26-15-7-5-6-14(12-15)21-18(25)16-8-1-2-9-17(16)24-13-20-22-23-24/h1-2,5-9,12-13H,3-4,11H2,(H,21,25). The van der Waals surface area contributed by atoms with Gasteiger partial charge in [-0.15, -0.1) is 5.10 Å². The molecule has 0 saturated carbocycles. The van der Waals surface area contributed by atoms with E-state index < -0.39 is 0 Å². The van der Waals surface area contributed by atoms with Crippen LogP contribution in [0.15, 0.2) is 54.9 Å². The number of para-hydroxylation sites is 1. The minimum atomic E-state index is -0.280. The Morgan fingerprint density at radius 2 is 2.12 bits per heavy atom. The average Bonchev–Trinajstić information content (AvgIpc) is 3.20. The second-order valence-electron chi connectivity index (χ2n) is 5.36. The predicted molar refractivity (Wildman–Crippen MR) is 93.9 cm³/mol. The third kappa shape index (κ3) is 4.21. The minimum Gasteiger partial charge on any atom is -0.493 e. The number of carbonyl (C=O) groups is 1. The Balaban J connectivity index is 1.72. The van der Waals surface area contributed by atoms with E-state index >= 15 is 0 Å². The summed E-state index contributed by atoms with van der Waals surface area (Å²) in [6, 6.07) is 16.2. The molecule has 2 aromatic carbocycles. The number of benzene rings is 2. The Hall–Kier alpha value is -3.73. The van der Waals surface area contributed by atoms with Crippen LogP contribution in [0.1, 0.15) is 23.2 Å². The van der Waals surface area contributed by atoms with E-state index in [2.05, 4.69) is 26.9 Å². The molecule has 3 aromatic rings. The van der Waals surface area contributed by atoms with Crippen LogP contribution in [0.25, 0.3) is 5.69 Å². The number of hydrogen-bond acceptors (Lipinski definition) is 6. The summed E-state index contributed by atoms with van der Waals surface area (Å²) < 4.78 is 7.02. The molecule has 26 heavy (non-hydrogen) atoms. The van der Waals surface area contributed by atoms with Crippen molar-refractivity contribution >= 4 is 11.6 Å². The first kappa shape index (κ1) is 17.1. The van der Waals surface area contributed by atoms with Crippen LogP contribution in [0.5, 0.6) is 5.75 Å². The molecule has 1 N–H and O–H groups in total. The number of ether oxygens (including phenoxy) is 1. The molecule has 8 nitrogen and oxygen atoms in total. The summed E-state index contributed by atoms with van der Waals surface area (Å²) in [6.07, 6.45) is 2.54. The lowest BCUT2D eigenvalue weighted by molar-refractivity contribution is 0.102. The maximum Gasteiger partial charge on any atom is 0.257 e. The largest absolute Gasteiger partial charge is 0.493 e. The third-order valence-corrected chi connectivity index (χ3v) is 3.54. The molecule has 0 unspecified atom stereocenters. The van der Waals surface area contributed by atoms with Gasteiger partial charge in [-0.25, -0.2) is 0 Å². The highest BCUT2D eigenvalue weighted by molar-refractivity contribution is 6.06. The molecule has 3 rings (SSSR count). The molecule has 0 radical (unpaired) electrons. The van der Waals surface area contributed by atoms with Crippen LogP contribution in [0, 0.1) is 11.3 Å². The highest BCUT2D eigenvalue weighted by Crippen LogP contribution is 2.20. The molecule has 1 amide bonds. The van der Waals surface area contributed by atoms with Crippen molar-refractivity contribution in [1.29, 1.82) is 5.26 Å². The number of tetrazole rings is 1. The molecule has 0 fully saturated rings. The summed E-state index contributed by atoms with van der Waals surface area (Å²) in [5.74, 6) is 0.354. The van der Waals surface area contributed by atoms with Crippen molar-refractivity contribution < 1.29 is 9.53 Å². The Morgan fingerprint density at radius 1 is 1.23 bits per heavy atom. The summed E-state index contributed by atoms with van der Waals surface area (Å²) in [6.45, 7) is 0.451. The van der Waals surface area contributed by atoms with Gasteiger partial charge in [0.1, 0.15) is 12.1 Å². The fourth-order valence-electron chi connectivity index (χ4n) is 2.34. The predicted octanol–water partition coefficient (Wildman–Crippen LogP) is 2.60. The minimum absolute atomic E-state index is 0.280. The summed E-state index contributed by atoms with van der Waals surface area (Å²) in [5.41, 5.74) is 1.64. The molecule has 130 valence electrons. The molecule has 0 aliphatic carbocycles. The average molecular weight is 348 g/mol. The molecule has 8 heteroatoms. The Kier molecular flexibility index (Phi) is 5.52. The topological polar surface area (TPSA) is 106 Å². The van der Waals surface area contributed by atoms with Gasteiger partial charge >= 0.3 is 0 Å². The van der Waals surface area contributed by atoms with E-state index in [1.165, 1.54) is 11.0 Å². The first-order chi connectivity index (χ1) is 12.8. The lowest BCUT2D eigenvalue weighted by Crippen LogP contribution is -2.15. The van der Waals surface area contributed by atoms with Crippen LogP contribution in [0.2, 0.25) is 0 Å². The molecule has 0 aliphatic heterocycles. The Bertz CT molecular complexity index is 917. The molecule has 1 heterocycles. The van der Waals surface area contributed by atoms with Crippen molar-refractivity contribution in [2.75, 3.05) is 11.9 Å². The van der Waals surface area contributed by atoms with Crippen LogP contribution in [-0.4, -0.2) is 32.7 Å². The van der Waals surface area contributed by atoms with Gasteiger partial charge in [-0.2, -0.15) is 9.94 Å². The van der Waals surface area contributed by atoms with Gasteiger partial charge in [-0.05, 0) is 41.1 Å². The van der Waals surface area contributed by atoms with Crippen molar-refractivity contribution in [3.63, 3.8) is 0 Å². The number of hydrogen-bond donors (Lipinski definition) is 1. The van der Waals surface area contributed by atoms with Gasteiger partial charge in [0, 0.05) is 18.2 Å². The van der Waals surface area contributed by atoms with Crippen molar-refractivity contribution in [2.24, 2.45) is 0 Å². The first-order valence-electron chi connectivity index (χ1n) is 8.01. The van der Waals surface area contributed by atoms with Gasteiger partial charge in [-0.3, -0.25) is 4.79 Å². The van der Waals surface area contributed by atoms with E-state index in [9.17, 15) is 4.79 Å². The van der Waals surface area contributed by atoms with Crippen LogP contribution in [0.3, 0.4) is 0 Å². The van der Waals surface area contributed by atoms with Gasteiger partial charge in [-0.1, -0.05) is 18.2 Å². The zero-order valence-electron chi connectivity index (χ0n) is 13.9. The molecule has 0 bridgehead atoms. The smallest absolute Gasteiger partial charge is 0.257 e. The van der Waals surface area contributed by atoms with Crippen LogP contribution in [-0.2, 0) is 0 Å². The van der Waals surface area contributed by atoms with Gasteiger partial charge in [0.15, 0.2) is 0 Å². The zero-order valence-corrected chi connectivity index (χ0v) is 13.9. The van der Waals surface area contributed by atoms with E-state index in [1.54, 1.807) is 42.5 Å². The maximum atomic E-state index is 12.7. The number of aromatic nitrogens is 4. The van der Waals surface area contributed by atoms with Gasteiger partial charge < -0.3 is 10.1 Å². The second kappa shape index (κ2) is 8.39. The summed E-state index contributed by atoms with van der Waals surface area (Å²) in [4.78, 5) is 12.7. The Morgan fingerprint density at radius 3 is 2.92 bits per heavy atom. The lowest BCUT2D eigenvalue weighted by atomic mass is 10.1. The SMILES string of the molecule is N#CCCCOc1cccc(NC(=O)c2ccccc2-n2cnnn2)c1. The molecular formula is C18H16N6O2. The second-order valence-corrected chi connectivity index (χ2v) is 5.36. The lowest BCUT2D eigenvalue weighted by Gasteiger charge is -2.11. The summed E-state index contributed by atoms with van der Waals surface area (Å²) in [5, 5.41) is 22.4. The fraction of sp³-hybridized carbons (Fsp3) is 0.167. The van der Waals surface area contributed by atoms with Gasteiger partial charge in [0.25, 0.3) is 5.91 Å². The fourth-order valence-corrected chi connectivity index (χ4v) is 2.34. The van der Waals surface area contributed by atoms with E-state index in [1.807, 2.05) is 6.07 Å². The highest BCUT2D eigenvalue weighted by Gasteiger charge is 2.13. The van der Waals surface area contributed by atoms with E-state index in [0.717, 1.165) is 0 Å². The highest BCUT2D eigenvalue weighted by atomic mass is 16.5. The van der Waals surface area contributed by atoms with Crippen molar-refractivity contribution in [1.82, 2.24) is 20.2 Å². The van der Waals surface area contributed by atoms with E-state index in [0.29, 0.717) is 42.1 Å². The van der Waals surface area contributed by atoms with E-state index in [-0.39, 0.29) is 5.91 Å². The maximum absolute atomic E-state index is 12.7. The third-order valence-electron chi connectivity index (χ3n) is 3.54. The number of unbranched alkanes of at least 4 members (excludes halogenated alkanes) is 1. The molecule has 0 saturated heterocycles. The number of nitriles is 1. The van der Waals surface area contributed by atoms with Crippen LogP contribution < -0.4 is 10.1 Å². The van der Waals surface area contributed by atoms with Crippen molar-refractivity contribution in [2.45, 2.75) is 12.8 Å². The van der Waals surface area contributed by atoms with E-state index in [4.69, 9.17) is 10.00 Å². The number of amides is 1. The van der Waals surface area contributed by atoms with Gasteiger partial charge in [0.2, 0.25) is 0 Å². The van der Waals surface area contributed by atoms with Gasteiger partial charge in [0.05, 0.1) is 23.9 Å². The number of nitrogens with one attached hydrogen (secondary N) is 1. The quantitative estimate of drug-likeness (QED) is 0.658. The number of nitrogens with zero attached hydrogens (tertiary/aromatic N) is 5. The molecule has 0 spiro atoms. The number of carbonyl (C=O) groups excluding carboxylic acids is 1. The molecule has 0 aliphatic rings. The number of anilines is 1. The molecule has 1 aromatic heterocycles. The normalized spacial score (nSPS) is 10.1. The van der Waals surface area contributed by atoms with Crippen molar-refractivity contribution in [3.8, 4) is 17.5 Å². The first-order valence-corrected chi connectivity index (χ1v) is 8.01. The van der Waals surface area contributed by atoms with Crippen LogP contribution >= 0.6 is 0 Å². The summed E-state index contributed by atoms with van der Waals surface area (Å²) in [7, 11) is 0. The Labute approximate surface area is 150 Å². The van der Waals surface area contributed by atoms with Crippen LogP contribution in [0.4, 0.5) is 5.69 Å². The zero-order chi connectivity index (χ0) is 18.2. The van der Waals surface area contributed by atoms with Crippen molar-refractivity contribution in [3.05, 3.63) is 60.4 Å². The monoisotopic (exact) mass is 348 g/mol.